The van der Waals surface area contributed by atoms with E-state index < -0.39 is 0 Å². The molecule has 0 radical (unpaired) electrons. The van der Waals surface area contributed by atoms with Crippen LogP contribution in [0.15, 0.2) is 30.5 Å². The number of benzene rings is 1. The third kappa shape index (κ3) is 2.06. The monoisotopic (exact) mass is 274 g/mol. The van der Waals surface area contributed by atoms with Crippen LogP contribution in [0.25, 0.3) is 4.96 Å². The molecule has 0 aliphatic heterocycles. The van der Waals surface area contributed by atoms with Gasteiger partial charge in [0.1, 0.15) is 11.5 Å². The van der Waals surface area contributed by atoms with Gasteiger partial charge in [-0.2, -0.15) is 0 Å². The van der Waals surface area contributed by atoms with Gasteiger partial charge in [-0.1, -0.05) is 12.1 Å². The summed E-state index contributed by atoms with van der Waals surface area (Å²) in [7, 11) is 0. The Morgan fingerprint density at radius 2 is 2.32 bits per heavy atom. The van der Waals surface area contributed by atoms with Gasteiger partial charge >= 0.3 is 0 Å². The van der Waals surface area contributed by atoms with E-state index in [2.05, 4.69) is 4.98 Å². The molecule has 5 heteroatoms. The van der Waals surface area contributed by atoms with Crippen molar-refractivity contribution in [1.29, 1.82) is 0 Å². The Hall–Kier alpha value is -2.01. The minimum atomic E-state index is -0.231. The number of aromatic nitrogens is 2. The molecule has 0 saturated heterocycles. The zero-order valence-electron chi connectivity index (χ0n) is 10.3. The van der Waals surface area contributed by atoms with Crippen LogP contribution in [-0.2, 0) is 6.42 Å². The number of carbonyl (C=O) groups excluding carboxylic acids is 1. The smallest absolute Gasteiger partial charge is 0.194 e. The second kappa shape index (κ2) is 4.59. The molecule has 0 spiro atoms. The molecule has 0 unspecified atom stereocenters. The second-order valence-electron chi connectivity index (χ2n) is 4.34. The Bertz CT molecular complexity index is 760. The van der Waals surface area contributed by atoms with Gasteiger partial charge in [0.2, 0.25) is 0 Å². The number of imidazole rings is 1. The number of hydrogen-bond donors (Lipinski definition) is 0. The predicted molar refractivity (Wildman–Crippen MR) is 72.4 cm³/mol. The quantitative estimate of drug-likeness (QED) is 0.687. The average molecular weight is 274 g/mol. The van der Waals surface area contributed by atoms with E-state index in [1.165, 1.54) is 23.5 Å². The molecule has 2 aromatic heterocycles. The van der Waals surface area contributed by atoms with Crippen LogP contribution < -0.4 is 0 Å². The molecule has 0 amide bonds. The van der Waals surface area contributed by atoms with Crippen LogP contribution >= 0.6 is 11.3 Å². The van der Waals surface area contributed by atoms with Gasteiger partial charge in [0.05, 0.1) is 6.20 Å². The van der Waals surface area contributed by atoms with Gasteiger partial charge in [-0.25, -0.2) is 9.37 Å². The molecular formula is C14H11FN2OS. The summed E-state index contributed by atoms with van der Waals surface area (Å²) < 4.78 is 15.0. The Morgan fingerprint density at radius 3 is 3.05 bits per heavy atom. The third-order valence-corrected chi connectivity index (χ3v) is 4.24. The minimum absolute atomic E-state index is 0.231. The van der Waals surface area contributed by atoms with Crippen molar-refractivity contribution in [2.75, 3.05) is 0 Å². The maximum atomic E-state index is 13.2. The molecule has 3 rings (SSSR count). The van der Waals surface area contributed by atoms with E-state index in [1.54, 1.807) is 12.3 Å². The number of thiazole rings is 1. The van der Waals surface area contributed by atoms with E-state index in [0.717, 1.165) is 27.4 Å². The lowest BCUT2D eigenvalue weighted by Crippen LogP contribution is -1.94. The van der Waals surface area contributed by atoms with Gasteiger partial charge in [-0.3, -0.25) is 9.20 Å². The molecular weight excluding hydrogens is 263 g/mol. The molecule has 0 aliphatic rings. The van der Waals surface area contributed by atoms with Crippen LogP contribution in [0.3, 0.4) is 0 Å². The van der Waals surface area contributed by atoms with Crippen LogP contribution in [-0.4, -0.2) is 15.7 Å². The zero-order valence-corrected chi connectivity index (χ0v) is 11.1. The zero-order chi connectivity index (χ0) is 13.4. The van der Waals surface area contributed by atoms with E-state index in [1.807, 2.05) is 17.4 Å². The molecule has 0 N–H and O–H groups in total. The molecule has 96 valence electrons. The van der Waals surface area contributed by atoms with Crippen molar-refractivity contribution in [3.8, 4) is 0 Å². The molecule has 0 atom stereocenters. The van der Waals surface area contributed by atoms with E-state index in [9.17, 15) is 9.18 Å². The number of aryl methyl sites for hydroxylation is 1. The predicted octanol–water partition coefficient (Wildman–Crippen LogP) is 3.25. The lowest BCUT2D eigenvalue weighted by molar-refractivity contribution is 0.111. The number of hydrogen-bond acceptors (Lipinski definition) is 3. The average Bonchev–Trinajstić information content (AvgIpc) is 2.91. The largest absolute Gasteiger partial charge is 0.296 e. The fourth-order valence-corrected chi connectivity index (χ4v) is 3.28. The van der Waals surface area contributed by atoms with Crippen LogP contribution in [0.2, 0.25) is 0 Å². The number of carbonyl (C=O) groups is 1. The molecule has 19 heavy (non-hydrogen) atoms. The standard InChI is InChI=1S/C14H11FN2OS/c1-9-13(6-10-3-2-4-11(15)5-10)19-14-16-7-12(8-18)17(9)14/h2-5,7-8H,6H2,1H3. The van der Waals surface area contributed by atoms with Crippen LogP contribution in [0.5, 0.6) is 0 Å². The highest BCUT2D eigenvalue weighted by Gasteiger charge is 2.13. The number of fused-ring (bicyclic) bond motifs is 1. The Labute approximate surface area is 113 Å². The molecule has 1 aromatic carbocycles. The summed E-state index contributed by atoms with van der Waals surface area (Å²) in [6.45, 7) is 1.95. The number of nitrogens with zero attached hydrogens (tertiary/aromatic N) is 2. The van der Waals surface area contributed by atoms with E-state index in [4.69, 9.17) is 0 Å². The molecule has 2 heterocycles. The molecule has 3 aromatic rings. The summed E-state index contributed by atoms with van der Waals surface area (Å²) in [6, 6.07) is 6.56. The number of aldehydes is 1. The molecule has 0 fully saturated rings. The summed E-state index contributed by atoms with van der Waals surface area (Å²) in [5.41, 5.74) is 2.46. The highest BCUT2D eigenvalue weighted by atomic mass is 32.1. The van der Waals surface area contributed by atoms with Crippen molar-refractivity contribution in [3.63, 3.8) is 0 Å². The SMILES string of the molecule is Cc1c(Cc2cccc(F)c2)sc2ncc(C=O)n12. The van der Waals surface area contributed by atoms with Crippen LogP contribution in [0.1, 0.15) is 26.6 Å². The van der Waals surface area contributed by atoms with Crippen molar-refractivity contribution < 1.29 is 9.18 Å². The van der Waals surface area contributed by atoms with Gasteiger partial charge < -0.3 is 0 Å². The molecule has 0 aliphatic carbocycles. The fourth-order valence-electron chi connectivity index (χ4n) is 2.14. The minimum Gasteiger partial charge on any atom is -0.296 e. The fraction of sp³-hybridized carbons (Fsp3) is 0.143. The Kier molecular flexibility index (Phi) is 2.91. The first-order valence-corrected chi connectivity index (χ1v) is 6.66. The third-order valence-electron chi connectivity index (χ3n) is 3.08. The highest BCUT2D eigenvalue weighted by molar-refractivity contribution is 7.17. The maximum absolute atomic E-state index is 13.2. The first kappa shape index (κ1) is 12.0. The van der Waals surface area contributed by atoms with Gasteiger partial charge in [0, 0.05) is 17.0 Å². The Balaban J connectivity index is 2.04. The summed E-state index contributed by atoms with van der Waals surface area (Å²) in [5.74, 6) is -0.231. The normalized spacial score (nSPS) is 11.1. The highest BCUT2D eigenvalue weighted by Crippen LogP contribution is 2.26. The van der Waals surface area contributed by atoms with Gasteiger partial charge in [-0.05, 0) is 24.6 Å². The number of halogens is 1. The molecule has 0 bridgehead atoms. The topological polar surface area (TPSA) is 34.4 Å². The van der Waals surface area contributed by atoms with Crippen molar-refractivity contribution >= 4 is 22.6 Å². The lowest BCUT2D eigenvalue weighted by Gasteiger charge is -2.01. The summed E-state index contributed by atoms with van der Waals surface area (Å²) in [6.07, 6.45) is 3.01. The summed E-state index contributed by atoms with van der Waals surface area (Å²) in [5, 5.41) is 0. The Morgan fingerprint density at radius 1 is 1.47 bits per heavy atom. The van der Waals surface area contributed by atoms with Crippen LogP contribution in [0.4, 0.5) is 4.39 Å². The van der Waals surface area contributed by atoms with Gasteiger partial charge in [0.25, 0.3) is 0 Å². The first-order valence-electron chi connectivity index (χ1n) is 5.84. The summed E-state index contributed by atoms with van der Waals surface area (Å²) in [4.78, 5) is 17.0. The lowest BCUT2D eigenvalue weighted by atomic mass is 10.1. The van der Waals surface area contributed by atoms with E-state index in [-0.39, 0.29) is 5.82 Å². The van der Waals surface area contributed by atoms with E-state index in [0.29, 0.717) is 12.1 Å². The maximum Gasteiger partial charge on any atom is 0.194 e. The van der Waals surface area contributed by atoms with Crippen molar-refractivity contribution in [3.05, 3.63) is 58.1 Å². The van der Waals surface area contributed by atoms with Crippen molar-refractivity contribution in [2.24, 2.45) is 0 Å². The molecule has 0 saturated carbocycles. The number of rotatable bonds is 3. The van der Waals surface area contributed by atoms with Crippen molar-refractivity contribution in [1.82, 2.24) is 9.38 Å². The van der Waals surface area contributed by atoms with Gasteiger partial charge in [-0.15, -0.1) is 11.3 Å². The molecule has 3 nitrogen and oxygen atoms in total. The second-order valence-corrected chi connectivity index (χ2v) is 5.40. The first-order chi connectivity index (χ1) is 9.19. The van der Waals surface area contributed by atoms with Crippen LogP contribution in [0, 0.1) is 12.7 Å². The van der Waals surface area contributed by atoms with Crippen molar-refractivity contribution in [2.45, 2.75) is 13.3 Å². The van der Waals surface area contributed by atoms with E-state index >= 15 is 0 Å². The summed E-state index contributed by atoms with van der Waals surface area (Å²) >= 11 is 1.53. The van der Waals surface area contributed by atoms with Gasteiger partial charge in [0.15, 0.2) is 11.2 Å².